The van der Waals surface area contributed by atoms with Gasteiger partial charge in [0.25, 0.3) is 5.91 Å². The Morgan fingerprint density at radius 3 is 2.69 bits per heavy atom. The quantitative estimate of drug-likeness (QED) is 0.711. The highest BCUT2D eigenvalue weighted by Gasteiger charge is 2.10. The lowest BCUT2D eigenvalue weighted by molar-refractivity contribution is -0.136. The second kappa shape index (κ2) is 8.47. The van der Waals surface area contributed by atoms with Crippen molar-refractivity contribution in [1.29, 1.82) is 0 Å². The fraction of sp³-hybridized carbons (Fsp3) is 0.350. The lowest BCUT2D eigenvalue weighted by Gasteiger charge is -2.17. The summed E-state index contributed by atoms with van der Waals surface area (Å²) in [7, 11) is 0. The van der Waals surface area contributed by atoms with E-state index >= 15 is 0 Å². The third-order valence-corrected chi connectivity index (χ3v) is 4.46. The Labute approximate surface area is 152 Å². The van der Waals surface area contributed by atoms with Gasteiger partial charge in [0.2, 0.25) is 0 Å². The predicted molar refractivity (Wildman–Crippen MR) is 99.5 cm³/mol. The number of aliphatic carboxylic acids is 1. The van der Waals surface area contributed by atoms with Crippen molar-refractivity contribution in [1.82, 2.24) is 10.3 Å². The van der Waals surface area contributed by atoms with Crippen LogP contribution < -0.4 is 10.6 Å². The van der Waals surface area contributed by atoms with Crippen LogP contribution in [0.15, 0.2) is 36.4 Å². The summed E-state index contributed by atoms with van der Waals surface area (Å²) in [6.45, 7) is 1.12. The number of anilines is 1. The minimum atomic E-state index is -0.924. The smallest absolute Gasteiger partial charge is 0.305 e. The third kappa shape index (κ3) is 4.81. The molecule has 26 heavy (non-hydrogen) atoms. The molecule has 6 nitrogen and oxygen atoms in total. The number of fused-ring (bicyclic) bond motifs is 1. The van der Waals surface area contributed by atoms with Gasteiger partial charge in [-0.05, 0) is 55.0 Å². The highest BCUT2D eigenvalue weighted by atomic mass is 16.4. The van der Waals surface area contributed by atoms with Gasteiger partial charge in [-0.25, -0.2) is 4.98 Å². The molecule has 1 aliphatic heterocycles. The number of aryl methyl sites for hydroxylation is 3. The van der Waals surface area contributed by atoms with Crippen molar-refractivity contribution in [3.8, 4) is 0 Å². The molecule has 2 heterocycles. The third-order valence-electron chi connectivity index (χ3n) is 4.46. The summed E-state index contributed by atoms with van der Waals surface area (Å²) >= 11 is 0. The van der Waals surface area contributed by atoms with Crippen LogP contribution in [-0.2, 0) is 24.1 Å². The summed E-state index contributed by atoms with van der Waals surface area (Å²) in [6.07, 6.45) is 3.87. The number of nitrogens with zero attached hydrogens (tertiary/aromatic N) is 1. The molecule has 0 atom stereocenters. The molecule has 0 radical (unpaired) electrons. The van der Waals surface area contributed by atoms with Gasteiger partial charge in [0, 0.05) is 24.3 Å². The van der Waals surface area contributed by atoms with Crippen LogP contribution in [0.25, 0.3) is 0 Å². The summed E-state index contributed by atoms with van der Waals surface area (Å²) in [5.41, 5.74) is 4.03. The van der Waals surface area contributed by atoms with Gasteiger partial charge in [-0.15, -0.1) is 0 Å². The van der Waals surface area contributed by atoms with Crippen molar-refractivity contribution < 1.29 is 14.7 Å². The Hall–Kier alpha value is -2.89. The Morgan fingerprint density at radius 1 is 1.12 bits per heavy atom. The van der Waals surface area contributed by atoms with E-state index < -0.39 is 5.97 Å². The zero-order valence-corrected chi connectivity index (χ0v) is 14.6. The van der Waals surface area contributed by atoms with Crippen molar-refractivity contribution in [2.24, 2.45) is 0 Å². The molecule has 0 spiro atoms. The molecule has 2 aromatic rings. The maximum Gasteiger partial charge on any atom is 0.305 e. The van der Waals surface area contributed by atoms with Crippen molar-refractivity contribution >= 4 is 17.7 Å². The Kier molecular flexibility index (Phi) is 5.84. The van der Waals surface area contributed by atoms with Crippen LogP contribution in [-0.4, -0.2) is 35.1 Å². The molecular formula is C20H23N3O3. The van der Waals surface area contributed by atoms with Crippen LogP contribution in [0.3, 0.4) is 0 Å². The van der Waals surface area contributed by atoms with E-state index in [0.717, 1.165) is 49.3 Å². The van der Waals surface area contributed by atoms with Crippen LogP contribution in [0.1, 0.15) is 40.0 Å². The topological polar surface area (TPSA) is 91.3 Å². The van der Waals surface area contributed by atoms with Crippen molar-refractivity contribution in [3.63, 3.8) is 0 Å². The first-order valence-corrected chi connectivity index (χ1v) is 8.93. The fourth-order valence-electron chi connectivity index (χ4n) is 2.99. The van der Waals surface area contributed by atoms with Crippen LogP contribution in [0, 0.1) is 0 Å². The molecular weight excluding hydrogens is 330 g/mol. The SMILES string of the molecule is O=C(O)CCNC(=O)c1ccc(CCc2ccc3c(n2)NCCC3)cc1. The Morgan fingerprint density at radius 2 is 1.92 bits per heavy atom. The van der Waals surface area contributed by atoms with Crippen LogP contribution in [0.2, 0.25) is 0 Å². The zero-order chi connectivity index (χ0) is 18.4. The molecule has 0 unspecified atom stereocenters. The maximum absolute atomic E-state index is 11.9. The van der Waals surface area contributed by atoms with E-state index in [9.17, 15) is 9.59 Å². The van der Waals surface area contributed by atoms with Gasteiger partial charge in [0.1, 0.15) is 5.82 Å². The highest BCUT2D eigenvalue weighted by Crippen LogP contribution is 2.20. The molecule has 3 N–H and O–H groups in total. The number of nitrogens with one attached hydrogen (secondary N) is 2. The van der Waals surface area contributed by atoms with Gasteiger partial charge in [-0.1, -0.05) is 18.2 Å². The van der Waals surface area contributed by atoms with Crippen LogP contribution in [0.5, 0.6) is 0 Å². The number of carbonyl (C=O) groups excluding carboxylic acids is 1. The molecule has 1 aliphatic rings. The van der Waals surface area contributed by atoms with Gasteiger partial charge >= 0.3 is 5.97 Å². The second-order valence-electron chi connectivity index (χ2n) is 6.44. The second-order valence-corrected chi connectivity index (χ2v) is 6.44. The summed E-state index contributed by atoms with van der Waals surface area (Å²) in [4.78, 5) is 27.1. The maximum atomic E-state index is 11.9. The van der Waals surface area contributed by atoms with Crippen molar-refractivity contribution in [2.75, 3.05) is 18.4 Å². The van der Waals surface area contributed by atoms with E-state index in [4.69, 9.17) is 10.1 Å². The van der Waals surface area contributed by atoms with E-state index in [1.54, 1.807) is 12.1 Å². The number of carboxylic acid groups (broad SMARTS) is 1. The lowest BCUT2D eigenvalue weighted by atomic mass is 10.0. The predicted octanol–water partition coefficient (Wildman–Crippen LogP) is 2.43. The van der Waals surface area contributed by atoms with Crippen molar-refractivity contribution in [2.45, 2.75) is 32.1 Å². The van der Waals surface area contributed by atoms with E-state index in [1.165, 1.54) is 5.56 Å². The Bertz CT molecular complexity index is 787. The summed E-state index contributed by atoms with van der Waals surface area (Å²) < 4.78 is 0. The number of hydrogen-bond donors (Lipinski definition) is 3. The van der Waals surface area contributed by atoms with Crippen LogP contribution >= 0.6 is 0 Å². The molecule has 0 aliphatic carbocycles. The summed E-state index contributed by atoms with van der Waals surface area (Å²) in [5.74, 6) is -0.158. The monoisotopic (exact) mass is 353 g/mol. The number of aromatic nitrogens is 1. The molecule has 1 aromatic heterocycles. The first kappa shape index (κ1) is 17.9. The summed E-state index contributed by atoms with van der Waals surface area (Å²) in [6, 6.07) is 11.7. The molecule has 1 amide bonds. The van der Waals surface area contributed by atoms with Gasteiger partial charge in [-0.2, -0.15) is 0 Å². The normalized spacial score (nSPS) is 12.8. The van der Waals surface area contributed by atoms with E-state index in [0.29, 0.717) is 5.56 Å². The van der Waals surface area contributed by atoms with E-state index in [1.807, 2.05) is 12.1 Å². The molecule has 0 saturated carbocycles. The first-order chi connectivity index (χ1) is 12.6. The average molecular weight is 353 g/mol. The largest absolute Gasteiger partial charge is 0.481 e. The number of pyridine rings is 1. The van der Waals surface area contributed by atoms with Gasteiger partial charge in [-0.3, -0.25) is 9.59 Å². The molecule has 0 fully saturated rings. The number of hydrogen-bond acceptors (Lipinski definition) is 4. The molecule has 136 valence electrons. The first-order valence-electron chi connectivity index (χ1n) is 8.93. The standard InChI is InChI=1S/C20H23N3O3/c24-18(25)11-13-22-20(26)16-6-3-14(4-7-16)5-9-17-10-8-15-2-1-12-21-19(15)23-17/h3-4,6-8,10H,1-2,5,9,11-13H2,(H,21,23)(H,22,26)(H,24,25). The molecule has 0 bridgehead atoms. The molecule has 6 heteroatoms. The zero-order valence-electron chi connectivity index (χ0n) is 14.6. The molecule has 3 rings (SSSR count). The van der Waals surface area contributed by atoms with E-state index in [-0.39, 0.29) is 18.9 Å². The highest BCUT2D eigenvalue weighted by molar-refractivity contribution is 5.94. The van der Waals surface area contributed by atoms with Gasteiger partial charge in [0.15, 0.2) is 0 Å². The van der Waals surface area contributed by atoms with E-state index in [2.05, 4.69) is 22.8 Å². The van der Waals surface area contributed by atoms with Crippen molar-refractivity contribution in [3.05, 3.63) is 58.8 Å². The summed E-state index contributed by atoms with van der Waals surface area (Å²) in [5, 5.41) is 14.5. The fourth-order valence-corrected chi connectivity index (χ4v) is 2.99. The van der Waals surface area contributed by atoms with Gasteiger partial charge < -0.3 is 15.7 Å². The number of rotatable bonds is 7. The lowest BCUT2D eigenvalue weighted by Crippen LogP contribution is -2.25. The number of benzene rings is 1. The Balaban J connectivity index is 1.53. The minimum Gasteiger partial charge on any atom is -0.481 e. The average Bonchev–Trinajstić information content (AvgIpc) is 2.66. The van der Waals surface area contributed by atoms with Crippen LogP contribution in [0.4, 0.5) is 5.82 Å². The molecule has 1 aromatic carbocycles. The number of amides is 1. The molecule has 0 saturated heterocycles. The minimum absolute atomic E-state index is 0.0769. The number of carbonyl (C=O) groups is 2. The van der Waals surface area contributed by atoms with Gasteiger partial charge in [0.05, 0.1) is 6.42 Å². The number of carboxylic acids is 1.